The van der Waals surface area contributed by atoms with Crippen LogP contribution in [0.2, 0.25) is 0 Å². The molecule has 0 amide bonds. The first-order valence-corrected chi connectivity index (χ1v) is 5.00. The Hall–Kier alpha value is -2.14. The lowest BCUT2D eigenvalue weighted by atomic mass is 10.1. The summed E-state index contributed by atoms with van der Waals surface area (Å²) >= 11 is 0. The number of carbonyl (C=O) groups is 1. The molecule has 2 rings (SSSR count). The van der Waals surface area contributed by atoms with Crippen molar-refractivity contribution in [3.63, 3.8) is 0 Å². The van der Waals surface area contributed by atoms with Gasteiger partial charge in [0.1, 0.15) is 12.3 Å². The van der Waals surface area contributed by atoms with E-state index in [9.17, 15) is 4.79 Å². The molecule has 88 valence electrons. The van der Waals surface area contributed by atoms with Crippen LogP contribution in [-0.2, 0) is 11.3 Å². The van der Waals surface area contributed by atoms with Gasteiger partial charge in [-0.15, -0.1) is 0 Å². The minimum atomic E-state index is -0.382. The predicted molar refractivity (Wildman–Crippen MR) is 59.2 cm³/mol. The number of benzene rings is 1. The number of aromatic nitrogens is 1. The van der Waals surface area contributed by atoms with Gasteiger partial charge in [-0.2, -0.15) is 0 Å². The molecular formula is C12H11NO4. The van der Waals surface area contributed by atoms with E-state index in [1.54, 1.807) is 30.3 Å². The molecular weight excluding hydrogens is 222 g/mol. The molecule has 0 atom stereocenters. The van der Waals surface area contributed by atoms with Crippen molar-refractivity contribution in [3.05, 3.63) is 41.7 Å². The fourth-order valence-electron chi connectivity index (χ4n) is 1.42. The number of ether oxygens (including phenoxy) is 1. The molecule has 0 unspecified atom stereocenters. The maximum absolute atomic E-state index is 11.2. The number of esters is 1. The van der Waals surface area contributed by atoms with Crippen LogP contribution in [0, 0.1) is 0 Å². The van der Waals surface area contributed by atoms with Gasteiger partial charge in [0.25, 0.3) is 0 Å². The van der Waals surface area contributed by atoms with E-state index in [2.05, 4.69) is 9.89 Å². The second-order valence-electron chi connectivity index (χ2n) is 3.41. The zero-order valence-corrected chi connectivity index (χ0v) is 9.21. The lowest BCUT2D eigenvalue weighted by molar-refractivity contribution is 0.0601. The van der Waals surface area contributed by atoms with Crippen molar-refractivity contribution in [1.29, 1.82) is 0 Å². The summed E-state index contributed by atoms with van der Waals surface area (Å²) in [6.45, 7) is -0.187. The molecule has 0 radical (unpaired) electrons. The number of hydrogen-bond acceptors (Lipinski definition) is 5. The molecule has 2 aromatic rings. The minimum Gasteiger partial charge on any atom is -0.465 e. The minimum absolute atomic E-state index is 0.187. The molecule has 1 aromatic heterocycles. The largest absolute Gasteiger partial charge is 0.465 e. The van der Waals surface area contributed by atoms with E-state index >= 15 is 0 Å². The van der Waals surface area contributed by atoms with Gasteiger partial charge in [-0.05, 0) is 12.1 Å². The van der Waals surface area contributed by atoms with Gasteiger partial charge in [-0.1, -0.05) is 17.3 Å². The molecule has 5 heteroatoms. The maximum atomic E-state index is 11.2. The number of methoxy groups -OCH3 is 1. The summed E-state index contributed by atoms with van der Waals surface area (Å²) in [4.78, 5) is 11.2. The molecule has 1 heterocycles. The van der Waals surface area contributed by atoms with Crippen molar-refractivity contribution in [2.75, 3.05) is 7.11 Å². The van der Waals surface area contributed by atoms with Crippen LogP contribution in [0.25, 0.3) is 11.3 Å². The molecule has 5 nitrogen and oxygen atoms in total. The molecule has 0 saturated carbocycles. The van der Waals surface area contributed by atoms with Crippen molar-refractivity contribution in [1.82, 2.24) is 5.16 Å². The number of carbonyl (C=O) groups excluding carboxylic acids is 1. The molecule has 0 saturated heterocycles. The van der Waals surface area contributed by atoms with E-state index in [1.165, 1.54) is 7.11 Å². The van der Waals surface area contributed by atoms with Gasteiger partial charge in [0.2, 0.25) is 0 Å². The fourth-order valence-corrected chi connectivity index (χ4v) is 1.42. The van der Waals surface area contributed by atoms with Crippen molar-refractivity contribution >= 4 is 5.97 Å². The smallest absolute Gasteiger partial charge is 0.337 e. The average molecular weight is 233 g/mol. The predicted octanol–water partition coefficient (Wildman–Crippen LogP) is 1.62. The Morgan fingerprint density at radius 2 is 2.12 bits per heavy atom. The highest BCUT2D eigenvalue weighted by Gasteiger charge is 2.08. The fraction of sp³-hybridized carbons (Fsp3) is 0.167. The molecule has 0 aliphatic rings. The van der Waals surface area contributed by atoms with Crippen LogP contribution in [0.1, 0.15) is 16.1 Å². The zero-order chi connectivity index (χ0) is 12.3. The van der Waals surface area contributed by atoms with Crippen molar-refractivity contribution in [3.8, 4) is 11.3 Å². The van der Waals surface area contributed by atoms with E-state index in [1.807, 2.05) is 0 Å². The van der Waals surface area contributed by atoms with Gasteiger partial charge in [0.15, 0.2) is 5.76 Å². The molecule has 0 bridgehead atoms. The van der Waals surface area contributed by atoms with Crippen LogP contribution >= 0.6 is 0 Å². The van der Waals surface area contributed by atoms with E-state index in [-0.39, 0.29) is 12.6 Å². The van der Waals surface area contributed by atoms with Crippen LogP contribution < -0.4 is 0 Å². The highest BCUT2D eigenvalue weighted by atomic mass is 16.5. The third-order valence-corrected chi connectivity index (χ3v) is 2.32. The highest BCUT2D eigenvalue weighted by molar-refractivity contribution is 5.89. The number of rotatable bonds is 3. The van der Waals surface area contributed by atoms with Gasteiger partial charge in [0, 0.05) is 11.6 Å². The Morgan fingerprint density at radius 3 is 2.65 bits per heavy atom. The zero-order valence-electron chi connectivity index (χ0n) is 9.21. The second kappa shape index (κ2) is 4.80. The number of aliphatic hydroxyl groups is 1. The first kappa shape index (κ1) is 11.3. The summed E-state index contributed by atoms with van der Waals surface area (Å²) in [5, 5.41) is 12.7. The van der Waals surface area contributed by atoms with Crippen LogP contribution in [0.4, 0.5) is 0 Å². The van der Waals surface area contributed by atoms with Gasteiger partial charge in [0.05, 0.1) is 12.7 Å². The third kappa shape index (κ3) is 2.34. The summed E-state index contributed by atoms with van der Waals surface area (Å²) in [6.07, 6.45) is 0. The molecule has 0 fully saturated rings. The first-order chi connectivity index (χ1) is 8.24. The first-order valence-electron chi connectivity index (χ1n) is 5.00. The Labute approximate surface area is 97.6 Å². The molecule has 0 aliphatic carbocycles. The van der Waals surface area contributed by atoms with Crippen LogP contribution in [0.3, 0.4) is 0 Å². The summed E-state index contributed by atoms with van der Waals surface area (Å²) in [7, 11) is 1.33. The van der Waals surface area contributed by atoms with Crippen molar-refractivity contribution in [2.24, 2.45) is 0 Å². The third-order valence-electron chi connectivity index (χ3n) is 2.32. The average Bonchev–Trinajstić information content (AvgIpc) is 2.87. The van der Waals surface area contributed by atoms with Gasteiger partial charge < -0.3 is 14.4 Å². The van der Waals surface area contributed by atoms with Gasteiger partial charge in [-0.3, -0.25) is 0 Å². The molecule has 17 heavy (non-hydrogen) atoms. The summed E-state index contributed by atoms with van der Waals surface area (Å²) < 4.78 is 9.47. The molecule has 1 N–H and O–H groups in total. The number of aliphatic hydroxyl groups excluding tert-OH is 1. The van der Waals surface area contributed by atoms with Crippen LogP contribution in [0.5, 0.6) is 0 Å². The Balaban J connectivity index is 2.25. The van der Waals surface area contributed by atoms with Crippen LogP contribution in [0.15, 0.2) is 34.9 Å². The van der Waals surface area contributed by atoms with E-state index in [0.29, 0.717) is 17.0 Å². The van der Waals surface area contributed by atoms with Gasteiger partial charge >= 0.3 is 5.97 Å². The number of nitrogens with zero attached hydrogens (tertiary/aromatic N) is 1. The summed E-state index contributed by atoms with van der Waals surface area (Å²) in [5.74, 6) is 0.0183. The van der Waals surface area contributed by atoms with Crippen LogP contribution in [-0.4, -0.2) is 23.3 Å². The lowest BCUT2D eigenvalue weighted by Crippen LogP contribution is -2.00. The Bertz CT molecular complexity index is 516. The highest BCUT2D eigenvalue weighted by Crippen LogP contribution is 2.19. The summed E-state index contributed by atoms with van der Waals surface area (Å²) in [5.41, 5.74) is 1.90. The monoisotopic (exact) mass is 233 g/mol. The second-order valence-corrected chi connectivity index (χ2v) is 3.41. The van der Waals surface area contributed by atoms with Crippen molar-refractivity contribution < 1.29 is 19.2 Å². The van der Waals surface area contributed by atoms with Gasteiger partial charge in [-0.25, -0.2) is 4.79 Å². The van der Waals surface area contributed by atoms with Crippen molar-refractivity contribution in [2.45, 2.75) is 6.61 Å². The maximum Gasteiger partial charge on any atom is 0.337 e. The van der Waals surface area contributed by atoms with E-state index < -0.39 is 0 Å². The summed E-state index contributed by atoms with van der Waals surface area (Å²) in [6, 6.07) is 8.42. The molecule has 0 aliphatic heterocycles. The normalized spacial score (nSPS) is 10.2. The quantitative estimate of drug-likeness (QED) is 0.815. The standard InChI is InChI=1S/C12H11NO4/c1-16-12(15)9-4-2-8(3-5-9)11-6-10(7-14)17-13-11/h2-6,14H,7H2,1H3. The Morgan fingerprint density at radius 1 is 1.41 bits per heavy atom. The molecule has 1 aromatic carbocycles. The van der Waals surface area contributed by atoms with E-state index in [4.69, 9.17) is 9.63 Å². The lowest BCUT2D eigenvalue weighted by Gasteiger charge is -1.99. The van der Waals surface area contributed by atoms with E-state index in [0.717, 1.165) is 5.56 Å². The SMILES string of the molecule is COC(=O)c1ccc(-c2cc(CO)on2)cc1. The molecule has 0 spiro atoms. The Kier molecular flexibility index (Phi) is 3.20. The number of hydrogen-bond donors (Lipinski definition) is 1. The topological polar surface area (TPSA) is 72.6 Å².